The van der Waals surface area contributed by atoms with E-state index in [2.05, 4.69) is 5.32 Å². The van der Waals surface area contributed by atoms with Gasteiger partial charge in [0, 0.05) is 30.0 Å². The average molecular weight is 482 g/mol. The van der Waals surface area contributed by atoms with E-state index in [4.69, 9.17) is 23.4 Å². The predicted octanol–water partition coefficient (Wildman–Crippen LogP) is 4.98. The van der Waals surface area contributed by atoms with Gasteiger partial charge >= 0.3 is 5.63 Å². The molecule has 0 bridgehead atoms. The molecule has 186 valence electrons. The maximum absolute atomic E-state index is 12.7. The van der Waals surface area contributed by atoms with Crippen molar-refractivity contribution in [1.29, 1.82) is 0 Å². The molecule has 0 aliphatic carbocycles. The first kappa shape index (κ1) is 24.8. The zero-order valence-corrected chi connectivity index (χ0v) is 20.9. The van der Waals surface area contributed by atoms with Crippen LogP contribution in [0.1, 0.15) is 48.2 Å². The van der Waals surface area contributed by atoms with E-state index in [9.17, 15) is 9.59 Å². The van der Waals surface area contributed by atoms with E-state index in [1.165, 1.54) is 0 Å². The standard InChI is InChI=1S/C27H31NO7/c1-15-13-18(8-9-20(15)31-5)25(29)28-19-14-17-7-10-21(16(2)24(17)34-26(19)30)33-23-12-11-22(32-6)27(3,4)35-23/h7-10,13-14,22-23H,11-12H2,1-6H3,(H,28,29). The van der Waals surface area contributed by atoms with E-state index in [1.54, 1.807) is 44.6 Å². The van der Waals surface area contributed by atoms with Crippen molar-refractivity contribution in [3.63, 3.8) is 0 Å². The summed E-state index contributed by atoms with van der Waals surface area (Å²) in [6, 6.07) is 10.3. The van der Waals surface area contributed by atoms with Crippen LogP contribution in [0.2, 0.25) is 0 Å². The van der Waals surface area contributed by atoms with Crippen LogP contribution in [0.5, 0.6) is 11.5 Å². The van der Waals surface area contributed by atoms with Crippen LogP contribution in [-0.2, 0) is 9.47 Å². The van der Waals surface area contributed by atoms with Gasteiger partial charge in [0.2, 0.25) is 6.29 Å². The van der Waals surface area contributed by atoms with Gasteiger partial charge in [0.1, 0.15) is 22.8 Å². The predicted molar refractivity (Wildman–Crippen MR) is 133 cm³/mol. The lowest BCUT2D eigenvalue weighted by Gasteiger charge is -2.41. The largest absolute Gasteiger partial charge is 0.496 e. The van der Waals surface area contributed by atoms with Crippen LogP contribution < -0.4 is 20.4 Å². The lowest BCUT2D eigenvalue weighted by atomic mass is 9.94. The number of hydrogen-bond acceptors (Lipinski definition) is 7. The molecule has 2 aromatic carbocycles. The summed E-state index contributed by atoms with van der Waals surface area (Å²) < 4.78 is 28.6. The summed E-state index contributed by atoms with van der Waals surface area (Å²) in [4.78, 5) is 25.4. The van der Waals surface area contributed by atoms with E-state index in [-0.39, 0.29) is 11.8 Å². The van der Waals surface area contributed by atoms with Gasteiger partial charge in [-0.15, -0.1) is 0 Å². The molecule has 2 heterocycles. The molecule has 0 spiro atoms. The fourth-order valence-electron chi connectivity index (χ4n) is 4.47. The second-order valence-electron chi connectivity index (χ2n) is 9.26. The third-order valence-corrected chi connectivity index (χ3v) is 6.42. The van der Waals surface area contributed by atoms with Crippen LogP contribution in [0.4, 0.5) is 5.69 Å². The highest BCUT2D eigenvalue weighted by atomic mass is 16.7. The minimum absolute atomic E-state index is 0.00599. The van der Waals surface area contributed by atoms with Gasteiger partial charge in [-0.25, -0.2) is 4.79 Å². The van der Waals surface area contributed by atoms with Gasteiger partial charge < -0.3 is 28.7 Å². The molecular formula is C27H31NO7. The third-order valence-electron chi connectivity index (χ3n) is 6.42. The first-order valence-electron chi connectivity index (χ1n) is 11.5. The highest BCUT2D eigenvalue weighted by Gasteiger charge is 2.39. The van der Waals surface area contributed by atoms with Crippen LogP contribution in [0, 0.1) is 13.8 Å². The molecule has 1 saturated heterocycles. The summed E-state index contributed by atoms with van der Waals surface area (Å²) in [5.41, 5.74) is 1.24. The summed E-state index contributed by atoms with van der Waals surface area (Å²) in [5, 5.41) is 3.32. The Balaban J connectivity index is 1.55. The van der Waals surface area contributed by atoms with Crippen LogP contribution in [0.15, 0.2) is 45.6 Å². The number of nitrogens with one attached hydrogen (secondary N) is 1. The molecule has 1 amide bonds. The molecule has 0 saturated carbocycles. The SMILES string of the molecule is COc1ccc(C(=O)Nc2cc3ccc(OC4CCC(OC)C(C)(C)O4)c(C)c3oc2=O)cc1C. The highest BCUT2D eigenvalue weighted by Crippen LogP contribution is 2.34. The van der Waals surface area contributed by atoms with Gasteiger partial charge in [-0.05, 0) is 76.1 Å². The monoisotopic (exact) mass is 481 g/mol. The maximum atomic E-state index is 12.7. The number of fused-ring (bicyclic) bond motifs is 1. The van der Waals surface area contributed by atoms with E-state index in [0.717, 1.165) is 12.0 Å². The minimum Gasteiger partial charge on any atom is -0.496 e. The molecule has 1 aliphatic heterocycles. The molecule has 4 rings (SSSR count). The van der Waals surface area contributed by atoms with E-state index in [1.807, 2.05) is 33.8 Å². The first-order valence-corrected chi connectivity index (χ1v) is 11.5. The summed E-state index contributed by atoms with van der Waals surface area (Å²) in [6.07, 6.45) is 1.05. The van der Waals surface area contributed by atoms with Crippen molar-refractivity contribution in [2.45, 2.75) is 58.5 Å². The topological polar surface area (TPSA) is 96.2 Å². The minimum atomic E-state index is -0.644. The summed E-state index contributed by atoms with van der Waals surface area (Å²) in [5.74, 6) is 0.842. The van der Waals surface area contributed by atoms with Crippen molar-refractivity contribution in [1.82, 2.24) is 0 Å². The molecule has 2 atom stereocenters. The summed E-state index contributed by atoms with van der Waals surface area (Å²) in [7, 11) is 3.25. The Labute approximate surface area is 204 Å². The number of carbonyl (C=O) groups is 1. The normalized spacial score (nSPS) is 19.4. The van der Waals surface area contributed by atoms with Crippen molar-refractivity contribution in [3.05, 3.63) is 63.5 Å². The number of hydrogen-bond donors (Lipinski definition) is 1. The zero-order valence-electron chi connectivity index (χ0n) is 20.9. The molecule has 1 aliphatic rings. The fraction of sp³-hybridized carbons (Fsp3) is 0.407. The Morgan fingerprint density at radius 2 is 1.80 bits per heavy atom. The molecule has 1 fully saturated rings. The summed E-state index contributed by atoms with van der Waals surface area (Å²) >= 11 is 0. The number of aryl methyl sites for hydroxylation is 2. The number of amides is 1. The van der Waals surface area contributed by atoms with Crippen LogP contribution >= 0.6 is 0 Å². The number of anilines is 1. The molecule has 35 heavy (non-hydrogen) atoms. The van der Waals surface area contributed by atoms with Gasteiger partial charge in [0.25, 0.3) is 5.91 Å². The first-order chi connectivity index (χ1) is 16.6. The second-order valence-corrected chi connectivity index (χ2v) is 9.26. The van der Waals surface area contributed by atoms with Crippen LogP contribution in [0.3, 0.4) is 0 Å². The maximum Gasteiger partial charge on any atom is 0.360 e. The van der Waals surface area contributed by atoms with Gasteiger partial charge in [-0.2, -0.15) is 0 Å². The molecule has 2 unspecified atom stereocenters. The van der Waals surface area contributed by atoms with Gasteiger partial charge in [-0.3, -0.25) is 4.79 Å². The number of rotatable bonds is 6. The second kappa shape index (κ2) is 9.71. The van der Waals surface area contributed by atoms with E-state index in [0.29, 0.717) is 40.0 Å². The Morgan fingerprint density at radius 3 is 2.46 bits per heavy atom. The van der Waals surface area contributed by atoms with Gasteiger partial charge in [0.15, 0.2) is 0 Å². The Kier molecular flexibility index (Phi) is 6.87. The van der Waals surface area contributed by atoms with Crippen molar-refractivity contribution < 1.29 is 28.2 Å². The number of benzene rings is 2. The van der Waals surface area contributed by atoms with Crippen molar-refractivity contribution >= 4 is 22.6 Å². The Morgan fingerprint density at radius 1 is 1.06 bits per heavy atom. The molecule has 0 radical (unpaired) electrons. The van der Waals surface area contributed by atoms with Crippen molar-refractivity contribution in [2.75, 3.05) is 19.5 Å². The number of carbonyl (C=O) groups excluding carboxylic acids is 1. The molecular weight excluding hydrogens is 450 g/mol. The highest BCUT2D eigenvalue weighted by molar-refractivity contribution is 6.05. The lowest BCUT2D eigenvalue weighted by Crippen LogP contribution is -2.49. The molecule has 3 aromatic rings. The third kappa shape index (κ3) is 5.04. The van der Waals surface area contributed by atoms with Crippen molar-refractivity contribution in [2.24, 2.45) is 0 Å². The molecule has 8 nitrogen and oxygen atoms in total. The van der Waals surface area contributed by atoms with Crippen LogP contribution in [-0.4, -0.2) is 38.1 Å². The Hall–Kier alpha value is -3.36. The number of ether oxygens (including phenoxy) is 4. The molecule has 1 N–H and O–H groups in total. The van der Waals surface area contributed by atoms with Crippen molar-refractivity contribution in [3.8, 4) is 11.5 Å². The lowest BCUT2D eigenvalue weighted by molar-refractivity contribution is -0.233. The fourth-order valence-corrected chi connectivity index (χ4v) is 4.47. The van der Waals surface area contributed by atoms with Gasteiger partial charge in [0.05, 0.1) is 18.8 Å². The number of methoxy groups -OCH3 is 2. The smallest absolute Gasteiger partial charge is 0.360 e. The Bertz CT molecular complexity index is 1310. The average Bonchev–Trinajstić information content (AvgIpc) is 2.81. The van der Waals surface area contributed by atoms with E-state index < -0.39 is 23.4 Å². The quantitative estimate of drug-likeness (QED) is 0.496. The molecule has 1 aromatic heterocycles. The zero-order chi connectivity index (χ0) is 25.3. The molecule has 8 heteroatoms. The van der Waals surface area contributed by atoms with E-state index >= 15 is 0 Å². The van der Waals surface area contributed by atoms with Gasteiger partial charge in [-0.1, -0.05) is 0 Å². The summed E-state index contributed by atoms with van der Waals surface area (Å²) in [6.45, 7) is 7.63. The van der Waals surface area contributed by atoms with Crippen LogP contribution in [0.25, 0.3) is 11.0 Å².